The first-order valence-electron chi connectivity index (χ1n) is 5.81. The summed E-state index contributed by atoms with van der Waals surface area (Å²) in [6.45, 7) is 3.91. The number of aromatic nitrogens is 1. The molecule has 0 fully saturated rings. The molecule has 2 rings (SSSR count). The Morgan fingerprint density at radius 2 is 2.00 bits per heavy atom. The molecule has 3 nitrogen and oxygen atoms in total. The molecule has 1 aromatic carbocycles. The molecule has 2 aromatic rings. The molecular weight excluding hydrogens is 337 g/mol. The smallest absolute Gasteiger partial charge is 0.381 e. The van der Waals surface area contributed by atoms with Crippen molar-refractivity contribution in [2.24, 2.45) is 0 Å². The highest BCUT2D eigenvalue weighted by Crippen LogP contribution is 2.36. The SMILES string of the molecule is Cc1noc(C)c1CNc1ccc(Br)c(C(F)(F)F)c1. The second-order valence-corrected chi connectivity index (χ2v) is 5.20. The van der Waals surface area contributed by atoms with E-state index in [0.717, 1.165) is 17.3 Å². The summed E-state index contributed by atoms with van der Waals surface area (Å²) >= 11 is 2.91. The summed E-state index contributed by atoms with van der Waals surface area (Å²) in [6, 6.07) is 4.03. The fourth-order valence-electron chi connectivity index (χ4n) is 1.80. The second-order valence-electron chi connectivity index (χ2n) is 4.35. The second kappa shape index (κ2) is 5.47. The molecule has 0 spiro atoms. The van der Waals surface area contributed by atoms with Crippen molar-refractivity contribution in [3.05, 3.63) is 45.3 Å². The van der Waals surface area contributed by atoms with Crippen LogP contribution in [0.1, 0.15) is 22.6 Å². The number of anilines is 1. The van der Waals surface area contributed by atoms with Crippen LogP contribution in [-0.2, 0) is 12.7 Å². The first-order chi connectivity index (χ1) is 9.29. The quantitative estimate of drug-likeness (QED) is 0.874. The first kappa shape index (κ1) is 14.9. The van der Waals surface area contributed by atoms with E-state index in [1.807, 2.05) is 0 Å². The maximum Gasteiger partial charge on any atom is 0.417 e. The molecule has 0 aliphatic heterocycles. The molecule has 20 heavy (non-hydrogen) atoms. The van der Waals surface area contributed by atoms with Crippen molar-refractivity contribution in [3.63, 3.8) is 0 Å². The molecule has 0 saturated heterocycles. The third kappa shape index (κ3) is 3.15. The van der Waals surface area contributed by atoms with Crippen molar-refractivity contribution in [2.45, 2.75) is 26.6 Å². The van der Waals surface area contributed by atoms with E-state index in [-0.39, 0.29) is 4.47 Å². The number of alkyl halides is 3. The Balaban J connectivity index is 2.19. The van der Waals surface area contributed by atoms with Crippen molar-refractivity contribution in [1.82, 2.24) is 5.16 Å². The average molecular weight is 349 g/mol. The molecule has 1 aromatic heterocycles. The van der Waals surface area contributed by atoms with E-state index in [2.05, 4.69) is 26.4 Å². The third-order valence-corrected chi connectivity index (χ3v) is 3.61. The van der Waals surface area contributed by atoms with Gasteiger partial charge in [0.1, 0.15) is 5.76 Å². The van der Waals surface area contributed by atoms with Crippen molar-refractivity contribution >= 4 is 21.6 Å². The first-order valence-corrected chi connectivity index (χ1v) is 6.60. The summed E-state index contributed by atoms with van der Waals surface area (Å²) in [5.74, 6) is 0.656. The number of nitrogens with one attached hydrogen (secondary N) is 1. The van der Waals surface area contributed by atoms with E-state index in [0.29, 0.717) is 18.0 Å². The Bertz CT molecular complexity index is 603. The lowest BCUT2D eigenvalue weighted by Crippen LogP contribution is -2.08. The van der Waals surface area contributed by atoms with Crippen LogP contribution in [0.15, 0.2) is 27.2 Å². The van der Waals surface area contributed by atoms with Crippen molar-refractivity contribution < 1.29 is 17.7 Å². The summed E-state index contributed by atoms with van der Waals surface area (Å²) in [5, 5.41) is 6.74. The van der Waals surface area contributed by atoms with E-state index in [1.54, 1.807) is 19.9 Å². The Kier molecular flexibility index (Phi) is 4.08. The summed E-state index contributed by atoms with van der Waals surface area (Å²) in [7, 11) is 0. The zero-order valence-corrected chi connectivity index (χ0v) is 12.4. The molecule has 1 N–H and O–H groups in total. The van der Waals surface area contributed by atoms with Crippen LogP contribution in [0.5, 0.6) is 0 Å². The van der Waals surface area contributed by atoms with Gasteiger partial charge in [0.2, 0.25) is 0 Å². The summed E-state index contributed by atoms with van der Waals surface area (Å²) in [6.07, 6.45) is -4.39. The number of hydrogen-bond acceptors (Lipinski definition) is 3. The molecule has 0 radical (unpaired) electrons. The lowest BCUT2D eigenvalue weighted by atomic mass is 10.1. The van der Waals surface area contributed by atoms with Gasteiger partial charge in [0, 0.05) is 22.3 Å². The highest BCUT2D eigenvalue weighted by atomic mass is 79.9. The standard InChI is InChI=1S/C13H12BrF3N2O/c1-7-10(8(2)20-19-7)6-18-9-3-4-12(14)11(5-9)13(15,16)17/h3-5,18H,6H2,1-2H3. The van der Waals surface area contributed by atoms with Crippen molar-refractivity contribution in [3.8, 4) is 0 Å². The number of hydrogen-bond donors (Lipinski definition) is 1. The van der Waals surface area contributed by atoms with Crippen molar-refractivity contribution in [1.29, 1.82) is 0 Å². The number of nitrogens with zero attached hydrogens (tertiary/aromatic N) is 1. The van der Waals surface area contributed by atoms with Gasteiger partial charge in [0.25, 0.3) is 0 Å². The molecule has 0 aliphatic rings. The molecular formula is C13H12BrF3N2O. The number of rotatable bonds is 3. The Morgan fingerprint density at radius 3 is 2.55 bits per heavy atom. The molecule has 0 atom stereocenters. The molecule has 0 amide bonds. The minimum Gasteiger partial charge on any atom is -0.381 e. The zero-order chi connectivity index (χ0) is 14.9. The van der Waals surface area contributed by atoms with Gasteiger partial charge in [-0.2, -0.15) is 13.2 Å². The van der Waals surface area contributed by atoms with Gasteiger partial charge in [-0.05, 0) is 32.0 Å². The molecule has 108 valence electrons. The lowest BCUT2D eigenvalue weighted by Gasteiger charge is -2.12. The van der Waals surface area contributed by atoms with E-state index < -0.39 is 11.7 Å². The van der Waals surface area contributed by atoms with Gasteiger partial charge < -0.3 is 9.84 Å². The summed E-state index contributed by atoms with van der Waals surface area (Å²) in [5.41, 5.74) is 1.26. The predicted octanol–water partition coefficient (Wildman–Crippen LogP) is 4.68. The Hall–Kier alpha value is -1.50. The summed E-state index contributed by atoms with van der Waals surface area (Å²) in [4.78, 5) is 0. The van der Waals surface area contributed by atoms with Gasteiger partial charge in [0.05, 0.1) is 11.3 Å². The number of benzene rings is 1. The highest BCUT2D eigenvalue weighted by molar-refractivity contribution is 9.10. The Labute approximate surface area is 122 Å². The normalized spacial score (nSPS) is 11.7. The largest absolute Gasteiger partial charge is 0.417 e. The molecule has 0 saturated carbocycles. The minimum absolute atomic E-state index is 0.0212. The van der Waals surface area contributed by atoms with E-state index >= 15 is 0 Å². The molecule has 0 aliphatic carbocycles. The van der Waals surface area contributed by atoms with Crippen LogP contribution in [0, 0.1) is 13.8 Å². The molecule has 1 heterocycles. The van der Waals surface area contributed by atoms with Crippen molar-refractivity contribution in [2.75, 3.05) is 5.32 Å². The van der Waals surface area contributed by atoms with E-state index in [9.17, 15) is 13.2 Å². The highest BCUT2D eigenvalue weighted by Gasteiger charge is 2.33. The van der Waals surface area contributed by atoms with Gasteiger partial charge in [0.15, 0.2) is 0 Å². The fourth-order valence-corrected chi connectivity index (χ4v) is 2.27. The average Bonchev–Trinajstić information content (AvgIpc) is 2.67. The van der Waals surface area contributed by atoms with E-state index in [4.69, 9.17) is 4.52 Å². The third-order valence-electron chi connectivity index (χ3n) is 2.92. The van der Waals surface area contributed by atoms with Crippen LogP contribution < -0.4 is 5.32 Å². The van der Waals surface area contributed by atoms with Crippen LogP contribution in [0.4, 0.5) is 18.9 Å². The molecule has 0 unspecified atom stereocenters. The predicted molar refractivity (Wildman–Crippen MR) is 72.4 cm³/mol. The number of aryl methyl sites for hydroxylation is 2. The van der Waals surface area contributed by atoms with E-state index in [1.165, 1.54) is 6.07 Å². The topological polar surface area (TPSA) is 38.1 Å². The van der Waals surface area contributed by atoms with Crippen LogP contribution in [0.2, 0.25) is 0 Å². The van der Waals surface area contributed by atoms with Gasteiger partial charge in [-0.1, -0.05) is 21.1 Å². The Morgan fingerprint density at radius 1 is 1.30 bits per heavy atom. The monoisotopic (exact) mass is 348 g/mol. The molecule has 0 bridgehead atoms. The van der Waals surface area contributed by atoms with Crippen LogP contribution in [-0.4, -0.2) is 5.16 Å². The maximum absolute atomic E-state index is 12.8. The zero-order valence-electron chi connectivity index (χ0n) is 10.8. The van der Waals surface area contributed by atoms with Crippen LogP contribution in [0.25, 0.3) is 0 Å². The van der Waals surface area contributed by atoms with Crippen LogP contribution in [0.3, 0.4) is 0 Å². The van der Waals surface area contributed by atoms with Gasteiger partial charge in [-0.3, -0.25) is 0 Å². The fraction of sp³-hybridized carbons (Fsp3) is 0.308. The lowest BCUT2D eigenvalue weighted by molar-refractivity contribution is -0.138. The molecule has 7 heteroatoms. The van der Waals surface area contributed by atoms with Gasteiger partial charge in [-0.25, -0.2) is 0 Å². The van der Waals surface area contributed by atoms with Crippen LogP contribution >= 0.6 is 15.9 Å². The number of halogens is 4. The summed E-state index contributed by atoms with van der Waals surface area (Å²) < 4.78 is 43.4. The van der Waals surface area contributed by atoms with Gasteiger partial charge >= 0.3 is 6.18 Å². The van der Waals surface area contributed by atoms with Gasteiger partial charge in [-0.15, -0.1) is 0 Å². The minimum atomic E-state index is -4.39. The maximum atomic E-state index is 12.8.